The lowest BCUT2D eigenvalue weighted by Crippen LogP contribution is -2.31. The van der Waals surface area contributed by atoms with Crippen molar-refractivity contribution in [3.63, 3.8) is 0 Å². The van der Waals surface area contributed by atoms with Gasteiger partial charge in [0.1, 0.15) is 5.75 Å². The fraction of sp³-hybridized carbons (Fsp3) is 0.308. The Morgan fingerprint density at radius 1 is 1.21 bits per heavy atom. The van der Waals surface area contributed by atoms with Crippen LogP contribution in [0.2, 0.25) is 0 Å². The van der Waals surface area contributed by atoms with Crippen molar-refractivity contribution in [3.8, 4) is 5.75 Å². The highest BCUT2D eigenvalue weighted by atomic mass is 32.1. The molecule has 176 valence electrons. The summed E-state index contributed by atoms with van der Waals surface area (Å²) in [6.45, 7) is 8.38. The molecule has 1 unspecified atom stereocenters. The summed E-state index contributed by atoms with van der Waals surface area (Å²) < 4.78 is 5.89. The van der Waals surface area contributed by atoms with E-state index >= 15 is 0 Å². The molecule has 1 N–H and O–H groups in total. The van der Waals surface area contributed by atoms with Crippen molar-refractivity contribution in [1.82, 2.24) is 14.9 Å². The molecule has 1 aliphatic heterocycles. The molecule has 0 fully saturated rings. The maximum Gasteiger partial charge on any atom is 0.290 e. The number of carbonyl (C=O) groups is 2. The highest BCUT2D eigenvalue weighted by Gasteiger charge is 2.44. The largest absolute Gasteiger partial charge is 0.503 e. The van der Waals surface area contributed by atoms with Crippen molar-refractivity contribution in [3.05, 3.63) is 86.8 Å². The average molecular weight is 478 g/mol. The first-order valence-corrected chi connectivity index (χ1v) is 11.9. The molecule has 1 aromatic carbocycles. The van der Waals surface area contributed by atoms with E-state index in [9.17, 15) is 14.7 Å². The first kappa shape index (κ1) is 23.6. The number of aryl methyl sites for hydroxylation is 2. The zero-order valence-corrected chi connectivity index (χ0v) is 20.4. The first-order valence-electron chi connectivity index (χ1n) is 11.1. The van der Waals surface area contributed by atoms with Gasteiger partial charge in [0, 0.05) is 6.20 Å². The molecule has 2 aromatic heterocycles. The van der Waals surface area contributed by atoms with Crippen molar-refractivity contribution in [1.29, 1.82) is 0 Å². The topological polar surface area (TPSA) is 92.6 Å². The van der Waals surface area contributed by atoms with Gasteiger partial charge in [0.15, 0.2) is 5.76 Å². The van der Waals surface area contributed by atoms with Crippen LogP contribution in [0.1, 0.15) is 51.5 Å². The Labute approximate surface area is 202 Å². The van der Waals surface area contributed by atoms with Gasteiger partial charge in [-0.05, 0) is 49.6 Å². The molecular formula is C26H27N3O4S. The number of ether oxygens (including phenoxy) is 1. The fourth-order valence-corrected chi connectivity index (χ4v) is 4.84. The Kier molecular flexibility index (Phi) is 6.79. The molecule has 0 saturated heterocycles. The molecule has 0 aliphatic carbocycles. The maximum atomic E-state index is 13.6. The van der Waals surface area contributed by atoms with Crippen LogP contribution in [0.25, 0.3) is 0 Å². The Morgan fingerprint density at radius 2 is 2.00 bits per heavy atom. The molecule has 3 heterocycles. The molecule has 4 rings (SSSR count). The number of amides is 1. The average Bonchev–Trinajstić information content (AvgIpc) is 3.28. The second-order valence-electron chi connectivity index (χ2n) is 8.67. The zero-order chi connectivity index (χ0) is 24.4. The SMILES string of the molecule is Cc1nc(C)c(C(=O)C2=C(O)C(=O)N(Cc3ccccn3)C2c2cccc(OCC(C)C)c2)s1. The van der Waals surface area contributed by atoms with Gasteiger partial charge in [0.25, 0.3) is 5.91 Å². The van der Waals surface area contributed by atoms with Crippen LogP contribution in [-0.4, -0.2) is 38.3 Å². The van der Waals surface area contributed by atoms with Gasteiger partial charge >= 0.3 is 0 Å². The van der Waals surface area contributed by atoms with Crippen molar-refractivity contribution >= 4 is 23.0 Å². The van der Waals surface area contributed by atoms with E-state index in [1.807, 2.05) is 37.3 Å². The summed E-state index contributed by atoms with van der Waals surface area (Å²) in [5, 5.41) is 11.7. The van der Waals surface area contributed by atoms with Gasteiger partial charge in [-0.15, -0.1) is 11.3 Å². The van der Waals surface area contributed by atoms with E-state index in [0.717, 1.165) is 5.01 Å². The number of benzene rings is 1. The fourth-order valence-electron chi connectivity index (χ4n) is 3.96. The van der Waals surface area contributed by atoms with E-state index in [4.69, 9.17) is 4.74 Å². The number of aliphatic hydroxyl groups excluding tert-OH is 1. The van der Waals surface area contributed by atoms with Crippen LogP contribution in [0.5, 0.6) is 5.75 Å². The van der Waals surface area contributed by atoms with E-state index in [2.05, 4.69) is 23.8 Å². The molecular weight excluding hydrogens is 450 g/mol. The Morgan fingerprint density at radius 3 is 2.65 bits per heavy atom. The molecule has 7 nitrogen and oxygen atoms in total. The highest BCUT2D eigenvalue weighted by molar-refractivity contribution is 7.14. The van der Waals surface area contributed by atoms with Gasteiger partial charge in [-0.3, -0.25) is 14.6 Å². The number of pyridine rings is 1. The lowest BCUT2D eigenvalue weighted by molar-refractivity contribution is -0.130. The summed E-state index contributed by atoms with van der Waals surface area (Å²) >= 11 is 1.26. The summed E-state index contributed by atoms with van der Waals surface area (Å²) in [5.41, 5.74) is 1.96. The van der Waals surface area contributed by atoms with E-state index in [1.54, 1.807) is 25.3 Å². The minimum absolute atomic E-state index is 0.0497. The minimum Gasteiger partial charge on any atom is -0.503 e. The third kappa shape index (κ3) is 4.72. The zero-order valence-electron chi connectivity index (χ0n) is 19.6. The molecule has 8 heteroatoms. The monoisotopic (exact) mass is 477 g/mol. The third-order valence-corrected chi connectivity index (χ3v) is 6.55. The van der Waals surface area contributed by atoms with E-state index in [-0.39, 0.29) is 12.1 Å². The molecule has 1 aliphatic rings. The Bertz CT molecular complexity index is 1250. The summed E-state index contributed by atoms with van der Waals surface area (Å²) in [6.07, 6.45) is 1.65. The van der Waals surface area contributed by atoms with Crippen LogP contribution in [0.15, 0.2) is 60.0 Å². The van der Waals surface area contributed by atoms with Crippen LogP contribution >= 0.6 is 11.3 Å². The Hall–Kier alpha value is -3.52. The van der Waals surface area contributed by atoms with Crippen LogP contribution in [-0.2, 0) is 11.3 Å². The second-order valence-corrected chi connectivity index (χ2v) is 9.88. The second kappa shape index (κ2) is 9.77. The number of hydrogen-bond acceptors (Lipinski definition) is 7. The van der Waals surface area contributed by atoms with Crippen molar-refractivity contribution in [2.45, 2.75) is 40.3 Å². The lowest BCUT2D eigenvalue weighted by Gasteiger charge is -2.27. The number of hydrogen-bond donors (Lipinski definition) is 1. The Balaban J connectivity index is 1.79. The lowest BCUT2D eigenvalue weighted by atomic mass is 9.94. The van der Waals surface area contributed by atoms with E-state index in [0.29, 0.717) is 40.1 Å². The standard InChI is InChI=1S/C26H27N3O4S/c1-15(2)14-33-20-10-7-8-18(12-20)22-21(23(30)25-16(3)28-17(4)34-25)24(31)26(32)29(22)13-19-9-5-6-11-27-19/h5-12,15,22,31H,13-14H2,1-4H3. The number of aliphatic hydroxyl groups is 1. The molecule has 1 amide bonds. The van der Waals surface area contributed by atoms with Crippen molar-refractivity contribution < 1.29 is 19.4 Å². The van der Waals surface area contributed by atoms with Crippen LogP contribution in [0, 0.1) is 19.8 Å². The van der Waals surface area contributed by atoms with Gasteiger partial charge in [-0.2, -0.15) is 0 Å². The van der Waals surface area contributed by atoms with E-state index < -0.39 is 23.5 Å². The summed E-state index contributed by atoms with van der Waals surface area (Å²) in [5.74, 6) is -0.553. The minimum atomic E-state index is -0.786. The van der Waals surface area contributed by atoms with Gasteiger partial charge in [-0.1, -0.05) is 32.0 Å². The number of aromatic nitrogens is 2. The summed E-state index contributed by atoms with van der Waals surface area (Å²) in [6, 6.07) is 12.0. The quantitative estimate of drug-likeness (QED) is 0.461. The number of ketones is 1. The van der Waals surface area contributed by atoms with Gasteiger partial charge in [0.2, 0.25) is 5.78 Å². The van der Waals surface area contributed by atoms with Crippen molar-refractivity contribution in [2.24, 2.45) is 5.92 Å². The number of carbonyl (C=O) groups excluding carboxylic acids is 2. The van der Waals surface area contributed by atoms with Gasteiger partial charge in [0.05, 0.1) is 46.0 Å². The summed E-state index contributed by atoms with van der Waals surface area (Å²) in [4.78, 5) is 37.5. The predicted molar refractivity (Wildman–Crippen MR) is 130 cm³/mol. The first-order chi connectivity index (χ1) is 16.3. The molecule has 1 atom stereocenters. The van der Waals surface area contributed by atoms with Gasteiger partial charge < -0.3 is 14.7 Å². The number of rotatable bonds is 8. The summed E-state index contributed by atoms with van der Waals surface area (Å²) in [7, 11) is 0. The molecule has 0 spiro atoms. The normalized spacial score (nSPS) is 16.0. The molecule has 0 saturated carbocycles. The van der Waals surface area contributed by atoms with Crippen LogP contribution in [0.3, 0.4) is 0 Å². The molecule has 0 bridgehead atoms. The van der Waals surface area contributed by atoms with Crippen molar-refractivity contribution in [2.75, 3.05) is 6.61 Å². The van der Waals surface area contributed by atoms with Gasteiger partial charge in [-0.25, -0.2) is 4.98 Å². The number of thiazole rings is 1. The smallest absolute Gasteiger partial charge is 0.290 e. The highest BCUT2D eigenvalue weighted by Crippen LogP contribution is 2.41. The van der Waals surface area contributed by atoms with Crippen LogP contribution in [0.4, 0.5) is 0 Å². The molecule has 0 radical (unpaired) electrons. The maximum absolute atomic E-state index is 13.6. The third-order valence-electron chi connectivity index (χ3n) is 5.47. The number of Topliss-reactive ketones (excluding diaryl/α,β-unsaturated/α-hetero) is 1. The predicted octanol–water partition coefficient (Wildman–Crippen LogP) is 4.97. The van der Waals surface area contributed by atoms with Crippen LogP contribution < -0.4 is 4.74 Å². The molecule has 3 aromatic rings. The molecule has 34 heavy (non-hydrogen) atoms. The van der Waals surface area contributed by atoms with E-state index in [1.165, 1.54) is 16.2 Å². The number of nitrogens with zero attached hydrogens (tertiary/aromatic N) is 3.